The van der Waals surface area contributed by atoms with E-state index < -0.39 is 27.1 Å². The SMILES string of the molecule is NC(=O)CCC(C(N)=O)(c1ncc([N+](=O)[O-])s1)c1ncc([N+](=O)[O-])s1. The van der Waals surface area contributed by atoms with E-state index in [0.717, 1.165) is 12.4 Å². The van der Waals surface area contributed by atoms with Crippen LogP contribution in [0.5, 0.6) is 0 Å². The topological polar surface area (TPSA) is 198 Å². The van der Waals surface area contributed by atoms with Crippen LogP contribution in [-0.2, 0) is 15.0 Å². The van der Waals surface area contributed by atoms with Crippen LogP contribution in [0.4, 0.5) is 10.0 Å². The number of primary amides is 2. The van der Waals surface area contributed by atoms with Crippen molar-refractivity contribution in [3.8, 4) is 0 Å². The molecule has 0 unspecified atom stereocenters. The van der Waals surface area contributed by atoms with Gasteiger partial charge in [0, 0.05) is 6.42 Å². The van der Waals surface area contributed by atoms with Crippen molar-refractivity contribution in [1.29, 1.82) is 0 Å². The van der Waals surface area contributed by atoms with Gasteiger partial charge in [0.2, 0.25) is 11.8 Å². The number of nitrogens with zero attached hydrogens (tertiary/aromatic N) is 4. The molecular weight excluding hydrogens is 376 g/mol. The third-order valence-corrected chi connectivity index (χ3v) is 5.47. The second kappa shape index (κ2) is 6.86. The molecule has 2 aromatic heterocycles. The molecule has 2 aromatic rings. The van der Waals surface area contributed by atoms with Crippen LogP contribution in [0.15, 0.2) is 12.4 Å². The van der Waals surface area contributed by atoms with E-state index in [4.69, 9.17) is 11.5 Å². The molecule has 0 fully saturated rings. The Kier molecular flexibility index (Phi) is 5.03. The first-order chi connectivity index (χ1) is 11.7. The molecule has 2 amide bonds. The summed E-state index contributed by atoms with van der Waals surface area (Å²) in [6.45, 7) is 0. The van der Waals surface area contributed by atoms with Gasteiger partial charge in [0.05, 0.1) is 9.85 Å². The number of carbonyl (C=O) groups is 2. The molecule has 0 aromatic carbocycles. The summed E-state index contributed by atoms with van der Waals surface area (Å²) in [5, 5.41) is 20.9. The molecule has 0 saturated carbocycles. The summed E-state index contributed by atoms with van der Waals surface area (Å²) in [5.74, 6) is -1.75. The molecule has 0 aliphatic rings. The Labute approximate surface area is 146 Å². The molecule has 0 aliphatic carbocycles. The highest BCUT2D eigenvalue weighted by molar-refractivity contribution is 7.16. The predicted molar refractivity (Wildman–Crippen MR) is 85.9 cm³/mol. The van der Waals surface area contributed by atoms with E-state index in [1.54, 1.807) is 0 Å². The number of amides is 2. The van der Waals surface area contributed by atoms with Crippen molar-refractivity contribution in [1.82, 2.24) is 9.97 Å². The van der Waals surface area contributed by atoms with Crippen molar-refractivity contribution < 1.29 is 19.4 Å². The fraction of sp³-hybridized carbons (Fsp3) is 0.273. The lowest BCUT2D eigenvalue weighted by Gasteiger charge is -2.25. The first-order valence-electron chi connectivity index (χ1n) is 6.48. The Morgan fingerprint density at radius 2 is 1.48 bits per heavy atom. The van der Waals surface area contributed by atoms with E-state index in [0.29, 0.717) is 22.7 Å². The van der Waals surface area contributed by atoms with Crippen molar-refractivity contribution in [3.63, 3.8) is 0 Å². The predicted octanol–water partition coefficient (Wildman–Crippen LogP) is 0.453. The Morgan fingerprint density at radius 1 is 1.04 bits per heavy atom. The van der Waals surface area contributed by atoms with Crippen LogP contribution in [0, 0.1) is 20.2 Å². The van der Waals surface area contributed by atoms with Gasteiger partial charge in [-0.15, -0.1) is 0 Å². The molecule has 0 bridgehead atoms. The standard InChI is InChI=1S/C11H10N6O6S2/c12-5(18)1-2-11(8(13)19,9-14-3-6(24-9)16(20)21)10-15-4-7(25-10)17(22)23/h3-4H,1-2H2,(H2,12,18)(H2,13,19). The van der Waals surface area contributed by atoms with Crippen LogP contribution in [0.1, 0.15) is 22.9 Å². The molecule has 4 N–H and O–H groups in total. The van der Waals surface area contributed by atoms with Crippen LogP contribution >= 0.6 is 22.7 Å². The second-order valence-corrected chi connectivity index (χ2v) is 6.78. The molecule has 14 heteroatoms. The number of nitro groups is 2. The van der Waals surface area contributed by atoms with Gasteiger partial charge < -0.3 is 11.5 Å². The van der Waals surface area contributed by atoms with Crippen LogP contribution in [-0.4, -0.2) is 31.6 Å². The average Bonchev–Trinajstić information content (AvgIpc) is 3.17. The average molecular weight is 386 g/mol. The quantitative estimate of drug-likeness (QED) is 0.481. The fourth-order valence-corrected chi connectivity index (χ4v) is 4.02. The molecule has 0 saturated heterocycles. The minimum absolute atomic E-state index is 0.0859. The maximum Gasteiger partial charge on any atom is 0.343 e. The zero-order valence-corrected chi connectivity index (χ0v) is 13.9. The van der Waals surface area contributed by atoms with E-state index in [2.05, 4.69) is 9.97 Å². The van der Waals surface area contributed by atoms with Crippen molar-refractivity contribution in [2.45, 2.75) is 18.3 Å². The molecule has 2 rings (SSSR count). The molecule has 0 atom stereocenters. The fourth-order valence-electron chi connectivity index (χ4n) is 2.04. The van der Waals surface area contributed by atoms with Gasteiger partial charge in [0.15, 0.2) is 5.41 Å². The van der Waals surface area contributed by atoms with Gasteiger partial charge in [-0.2, -0.15) is 0 Å². The third-order valence-electron chi connectivity index (χ3n) is 3.24. The number of nitrogens with two attached hydrogens (primary N) is 2. The number of hydrogen-bond acceptors (Lipinski definition) is 10. The Morgan fingerprint density at radius 3 is 1.76 bits per heavy atom. The van der Waals surface area contributed by atoms with Crippen molar-refractivity contribution in [2.24, 2.45) is 11.5 Å². The van der Waals surface area contributed by atoms with E-state index >= 15 is 0 Å². The number of aromatic nitrogens is 2. The first kappa shape index (κ1) is 18.3. The molecule has 2 heterocycles. The van der Waals surface area contributed by atoms with Crippen LogP contribution in [0.2, 0.25) is 0 Å². The Hall–Kier alpha value is -3.00. The van der Waals surface area contributed by atoms with Crippen molar-refractivity contribution in [2.75, 3.05) is 0 Å². The highest BCUT2D eigenvalue weighted by Crippen LogP contribution is 2.43. The summed E-state index contributed by atoms with van der Waals surface area (Å²) < 4.78 is 0. The van der Waals surface area contributed by atoms with Gasteiger partial charge in [0.1, 0.15) is 22.4 Å². The zero-order valence-electron chi connectivity index (χ0n) is 12.3. The molecule has 25 heavy (non-hydrogen) atoms. The number of hydrogen-bond donors (Lipinski definition) is 2. The number of carbonyl (C=O) groups excluding carboxylic acids is 2. The monoisotopic (exact) mass is 386 g/mol. The lowest BCUT2D eigenvalue weighted by atomic mass is 9.83. The van der Waals surface area contributed by atoms with E-state index in [1.807, 2.05) is 0 Å². The number of thiazole rings is 2. The van der Waals surface area contributed by atoms with Crippen LogP contribution < -0.4 is 11.5 Å². The van der Waals surface area contributed by atoms with Crippen LogP contribution in [0.25, 0.3) is 0 Å². The van der Waals surface area contributed by atoms with Gasteiger partial charge in [-0.3, -0.25) is 29.8 Å². The van der Waals surface area contributed by atoms with Crippen molar-refractivity contribution >= 4 is 44.5 Å². The Bertz CT molecular complexity index is 809. The smallest absolute Gasteiger partial charge is 0.343 e. The maximum atomic E-state index is 12.3. The summed E-state index contributed by atoms with van der Waals surface area (Å²) in [5.41, 5.74) is 8.79. The molecule has 0 aliphatic heterocycles. The third kappa shape index (κ3) is 3.43. The Balaban J connectivity index is 2.65. The van der Waals surface area contributed by atoms with Crippen molar-refractivity contribution in [3.05, 3.63) is 42.6 Å². The molecule has 12 nitrogen and oxygen atoms in total. The summed E-state index contributed by atoms with van der Waals surface area (Å²) in [4.78, 5) is 51.5. The minimum Gasteiger partial charge on any atom is -0.370 e. The molecular formula is C11H10N6O6S2. The summed E-state index contributed by atoms with van der Waals surface area (Å²) in [6.07, 6.45) is 1.30. The normalized spacial score (nSPS) is 11.2. The second-order valence-electron chi connectivity index (χ2n) is 4.76. The zero-order chi connectivity index (χ0) is 18.8. The minimum atomic E-state index is -1.83. The first-order valence-corrected chi connectivity index (χ1v) is 8.11. The van der Waals surface area contributed by atoms with E-state index in [-0.39, 0.29) is 32.9 Å². The molecule has 0 spiro atoms. The van der Waals surface area contributed by atoms with Gasteiger partial charge in [-0.05, 0) is 29.1 Å². The van der Waals surface area contributed by atoms with E-state index in [9.17, 15) is 29.8 Å². The lowest BCUT2D eigenvalue weighted by Crippen LogP contribution is -2.43. The summed E-state index contributed by atoms with van der Waals surface area (Å²) in [6, 6.07) is 0. The molecule has 132 valence electrons. The maximum absolute atomic E-state index is 12.3. The van der Waals surface area contributed by atoms with Crippen LogP contribution in [0.3, 0.4) is 0 Å². The van der Waals surface area contributed by atoms with Gasteiger partial charge in [-0.25, -0.2) is 9.97 Å². The molecule has 0 radical (unpaired) electrons. The highest BCUT2D eigenvalue weighted by Gasteiger charge is 2.47. The van der Waals surface area contributed by atoms with Gasteiger partial charge >= 0.3 is 10.0 Å². The van der Waals surface area contributed by atoms with Gasteiger partial charge in [0.25, 0.3) is 0 Å². The number of rotatable bonds is 8. The van der Waals surface area contributed by atoms with E-state index in [1.165, 1.54) is 0 Å². The lowest BCUT2D eigenvalue weighted by molar-refractivity contribution is -0.380. The van der Waals surface area contributed by atoms with Gasteiger partial charge in [-0.1, -0.05) is 0 Å². The largest absolute Gasteiger partial charge is 0.370 e. The summed E-state index contributed by atoms with van der Waals surface area (Å²) in [7, 11) is 0. The highest BCUT2D eigenvalue weighted by atomic mass is 32.1. The summed E-state index contributed by atoms with van der Waals surface area (Å²) >= 11 is 1.15.